The molecule has 1 fully saturated rings. The molecule has 0 radical (unpaired) electrons. The first kappa shape index (κ1) is 19.8. The molecule has 5 rings (SSSR count). The van der Waals surface area contributed by atoms with Crippen molar-refractivity contribution in [3.8, 4) is 16.9 Å². The molecule has 0 aromatic heterocycles. The number of hydrazone groups is 1. The van der Waals surface area contributed by atoms with Gasteiger partial charge in [0.25, 0.3) is 5.91 Å². The van der Waals surface area contributed by atoms with Gasteiger partial charge in [-0.15, -0.1) is 0 Å². The monoisotopic (exact) mass is 423 g/mol. The predicted molar refractivity (Wildman–Crippen MR) is 119 cm³/mol. The highest BCUT2D eigenvalue weighted by molar-refractivity contribution is 6.10. The van der Waals surface area contributed by atoms with Crippen LogP contribution in [0.2, 0.25) is 0 Å². The summed E-state index contributed by atoms with van der Waals surface area (Å²) in [6, 6.07) is 10.2. The van der Waals surface area contributed by atoms with E-state index in [9.17, 15) is 9.18 Å². The fourth-order valence-electron chi connectivity index (χ4n) is 4.85. The van der Waals surface area contributed by atoms with E-state index in [-0.39, 0.29) is 23.9 Å². The lowest BCUT2D eigenvalue weighted by Crippen LogP contribution is -2.66. The van der Waals surface area contributed by atoms with Crippen molar-refractivity contribution in [2.75, 3.05) is 43.6 Å². The third kappa shape index (κ3) is 3.13. The number of nitrogens with one attached hydrogen (secondary N) is 1. The number of amides is 1. The minimum absolute atomic E-state index is 0.0532. The first-order valence-corrected chi connectivity index (χ1v) is 10.4. The van der Waals surface area contributed by atoms with Gasteiger partial charge in [-0.25, -0.2) is 9.82 Å². The van der Waals surface area contributed by atoms with E-state index in [0.717, 1.165) is 35.6 Å². The summed E-state index contributed by atoms with van der Waals surface area (Å²) >= 11 is 0. The number of nitrogens with zero attached hydrogens (tertiary/aromatic N) is 4. The normalized spacial score (nSPS) is 21.8. The van der Waals surface area contributed by atoms with Gasteiger partial charge in [-0.3, -0.25) is 4.79 Å². The molecule has 31 heavy (non-hydrogen) atoms. The second-order valence-electron chi connectivity index (χ2n) is 8.91. The van der Waals surface area contributed by atoms with Crippen LogP contribution in [0.3, 0.4) is 0 Å². The van der Waals surface area contributed by atoms with Crippen LogP contribution in [0, 0.1) is 5.82 Å². The number of carbonyl (C=O) groups excluding carboxylic acids is 1. The lowest BCUT2D eigenvalue weighted by Gasteiger charge is -2.53. The van der Waals surface area contributed by atoms with E-state index in [1.807, 2.05) is 30.0 Å². The third-order valence-electron chi connectivity index (χ3n) is 6.56. The van der Waals surface area contributed by atoms with E-state index in [2.05, 4.69) is 41.3 Å². The average molecular weight is 423 g/mol. The van der Waals surface area contributed by atoms with Crippen LogP contribution in [0.5, 0.6) is 5.75 Å². The van der Waals surface area contributed by atoms with Gasteiger partial charge in [0, 0.05) is 31.4 Å². The summed E-state index contributed by atoms with van der Waals surface area (Å²) in [7, 11) is 4.17. The summed E-state index contributed by atoms with van der Waals surface area (Å²) < 4.78 is 20.1. The maximum absolute atomic E-state index is 14.1. The molecule has 2 aromatic rings. The lowest BCUT2D eigenvalue weighted by atomic mass is 9.89. The molecule has 1 N–H and O–H groups in total. The van der Waals surface area contributed by atoms with Crippen molar-refractivity contribution in [3.63, 3.8) is 0 Å². The summed E-state index contributed by atoms with van der Waals surface area (Å²) in [6.45, 7) is 6.19. The molecular weight excluding hydrogens is 397 g/mol. The maximum atomic E-state index is 14.1. The summed E-state index contributed by atoms with van der Waals surface area (Å²) in [6.07, 6.45) is 0. The molecule has 1 unspecified atom stereocenters. The van der Waals surface area contributed by atoms with Gasteiger partial charge in [0.2, 0.25) is 0 Å². The smallest absolute Gasteiger partial charge is 0.262 e. The van der Waals surface area contributed by atoms with Crippen LogP contribution in [0.1, 0.15) is 13.8 Å². The molecule has 3 heterocycles. The number of hydrogen-bond donors (Lipinski definition) is 1. The van der Waals surface area contributed by atoms with E-state index in [0.29, 0.717) is 11.6 Å². The molecule has 0 spiro atoms. The van der Waals surface area contributed by atoms with E-state index in [1.54, 1.807) is 12.1 Å². The van der Waals surface area contributed by atoms with Crippen LogP contribution in [0.4, 0.5) is 15.8 Å². The molecule has 1 amide bonds. The molecule has 162 valence electrons. The fourth-order valence-corrected chi connectivity index (χ4v) is 4.85. The predicted octanol–water partition coefficient (Wildman–Crippen LogP) is 2.66. The van der Waals surface area contributed by atoms with Gasteiger partial charge in [-0.2, -0.15) is 5.10 Å². The zero-order valence-electron chi connectivity index (χ0n) is 18.1. The van der Waals surface area contributed by atoms with Crippen molar-refractivity contribution >= 4 is 23.1 Å². The van der Waals surface area contributed by atoms with Gasteiger partial charge >= 0.3 is 0 Å². The van der Waals surface area contributed by atoms with Gasteiger partial charge < -0.3 is 19.4 Å². The Morgan fingerprint density at radius 1 is 1.29 bits per heavy atom. The SMILES string of the molecule is CC1C(=O)NN=C2COc3cc(-c4cccc(F)c4)c(N(C)C4(C)CN(C)C4)cc3N21. The summed E-state index contributed by atoms with van der Waals surface area (Å²) in [5, 5.41) is 4.18. The van der Waals surface area contributed by atoms with Gasteiger partial charge in [-0.1, -0.05) is 12.1 Å². The fraction of sp³-hybridized carbons (Fsp3) is 0.391. The van der Waals surface area contributed by atoms with Crippen molar-refractivity contribution in [2.24, 2.45) is 5.10 Å². The molecule has 0 bridgehead atoms. The molecular formula is C23H26FN5O2. The highest BCUT2D eigenvalue weighted by Gasteiger charge is 2.42. The molecule has 2 aromatic carbocycles. The van der Waals surface area contributed by atoms with Crippen LogP contribution in [-0.4, -0.2) is 62.0 Å². The van der Waals surface area contributed by atoms with Crippen LogP contribution >= 0.6 is 0 Å². The zero-order chi connectivity index (χ0) is 21.9. The number of anilines is 2. The molecule has 7 nitrogen and oxygen atoms in total. The van der Waals surface area contributed by atoms with Crippen LogP contribution in [0.25, 0.3) is 11.1 Å². The molecule has 8 heteroatoms. The van der Waals surface area contributed by atoms with Gasteiger partial charge in [0.1, 0.15) is 24.2 Å². The maximum Gasteiger partial charge on any atom is 0.262 e. The summed E-state index contributed by atoms with van der Waals surface area (Å²) in [5.41, 5.74) is 5.94. The second kappa shape index (κ2) is 6.95. The molecule has 0 saturated carbocycles. The van der Waals surface area contributed by atoms with E-state index >= 15 is 0 Å². The Bertz CT molecular complexity index is 1100. The van der Waals surface area contributed by atoms with Gasteiger partial charge in [-0.05, 0) is 50.7 Å². The third-order valence-corrected chi connectivity index (χ3v) is 6.56. The average Bonchev–Trinajstić information content (AvgIpc) is 2.73. The Kier molecular flexibility index (Phi) is 4.44. The molecule has 1 atom stereocenters. The lowest BCUT2D eigenvalue weighted by molar-refractivity contribution is -0.122. The summed E-state index contributed by atoms with van der Waals surface area (Å²) in [5.74, 6) is 0.887. The Balaban J connectivity index is 1.68. The van der Waals surface area contributed by atoms with Crippen LogP contribution < -0.4 is 20.0 Å². The highest BCUT2D eigenvalue weighted by Crippen LogP contribution is 2.45. The minimum Gasteiger partial charge on any atom is -0.483 e. The number of rotatable bonds is 3. The van der Waals surface area contributed by atoms with Crippen molar-refractivity contribution < 1.29 is 13.9 Å². The number of carbonyl (C=O) groups is 1. The number of amidine groups is 1. The van der Waals surface area contributed by atoms with Crippen molar-refractivity contribution in [3.05, 3.63) is 42.2 Å². The van der Waals surface area contributed by atoms with Crippen molar-refractivity contribution in [1.29, 1.82) is 0 Å². The molecule has 3 aliphatic rings. The molecule has 1 saturated heterocycles. The van der Waals surface area contributed by atoms with E-state index < -0.39 is 6.04 Å². The number of hydrogen-bond acceptors (Lipinski definition) is 6. The zero-order valence-corrected chi connectivity index (χ0v) is 18.1. The Labute approximate surface area is 181 Å². The van der Waals surface area contributed by atoms with Crippen LogP contribution in [-0.2, 0) is 4.79 Å². The second-order valence-corrected chi connectivity index (χ2v) is 8.91. The number of likely N-dealkylation sites (N-methyl/N-ethyl adjacent to an activating group) is 2. The number of benzene rings is 2. The Morgan fingerprint density at radius 3 is 2.77 bits per heavy atom. The van der Waals surface area contributed by atoms with Crippen LogP contribution in [0.15, 0.2) is 41.5 Å². The van der Waals surface area contributed by atoms with E-state index in [1.165, 1.54) is 6.07 Å². The first-order chi connectivity index (χ1) is 14.8. The number of ether oxygens (including phenoxy) is 1. The number of likely N-dealkylation sites (tertiary alicyclic amines) is 1. The van der Waals surface area contributed by atoms with E-state index in [4.69, 9.17) is 4.74 Å². The van der Waals surface area contributed by atoms with Gasteiger partial charge in [0.05, 0.1) is 11.2 Å². The first-order valence-electron chi connectivity index (χ1n) is 10.4. The Hall–Kier alpha value is -3.13. The number of fused-ring (bicyclic) bond motifs is 3. The molecule has 3 aliphatic heterocycles. The highest BCUT2D eigenvalue weighted by atomic mass is 19.1. The standard InChI is InChI=1S/C23H26FN5O2/c1-14-22(30)26-25-21-11-31-20-9-17(15-6-5-7-16(24)8-15)18(10-19(20)29(14)21)28(4)23(2)12-27(3)13-23/h5-10,14H,11-13H2,1-4H3,(H,26,30). The largest absolute Gasteiger partial charge is 0.483 e. The van der Waals surface area contributed by atoms with Gasteiger partial charge in [0.15, 0.2) is 5.84 Å². The number of halogens is 1. The quantitative estimate of drug-likeness (QED) is 0.823. The van der Waals surface area contributed by atoms with Crippen molar-refractivity contribution in [1.82, 2.24) is 10.3 Å². The minimum atomic E-state index is -0.404. The summed E-state index contributed by atoms with van der Waals surface area (Å²) in [4.78, 5) is 18.7. The van der Waals surface area contributed by atoms with Crippen molar-refractivity contribution in [2.45, 2.75) is 25.4 Å². The topological polar surface area (TPSA) is 60.4 Å². The molecule has 0 aliphatic carbocycles. The Morgan fingerprint density at radius 2 is 2.06 bits per heavy atom.